The predicted octanol–water partition coefficient (Wildman–Crippen LogP) is 3.13. The van der Waals surface area contributed by atoms with Gasteiger partial charge in [-0.3, -0.25) is 0 Å². The third kappa shape index (κ3) is 2.07. The summed E-state index contributed by atoms with van der Waals surface area (Å²) in [7, 11) is 2.88. The molecule has 0 aliphatic heterocycles. The van der Waals surface area contributed by atoms with Gasteiger partial charge in [0.1, 0.15) is 5.75 Å². The van der Waals surface area contributed by atoms with Crippen molar-refractivity contribution in [1.82, 2.24) is 4.57 Å². The Morgan fingerprint density at radius 3 is 2.36 bits per heavy atom. The van der Waals surface area contributed by atoms with E-state index in [2.05, 4.69) is 0 Å². The molecular weight excluding hydrogens is 282 g/mol. The molecule has 0 unspecified atom stereocenters. The topological polar surface area (TPSA) is 60.7 Å². The number of carbonyl (C=O) groups is 1. The van der Waals surface area contributed by atoms with Crippen molar-refractivity contribution in [2.45, 2.75) is 0 Å². The number of hydrogen-bond donors (Lipinski definition) is 1. The van der Waals surface area contributed by atoms with Gasteiger partial charge in [-0.25, -0.2) is 4.79 Å². The Morgan fingerprint density at radius 2 is 1.73 bits per heavy atom. The molecule has 5 heteroatoms. The fourth-order valence-corrected chi connectivity index (χ4v) is 2.51. The molecule has 1 aromatic heterocycles. The van der Waals surface area contributed by atoms with E-state index in [1.54, 1.807) is 29.9 Å². The number of para-hydroxylation sites is 1. The minimum absolute atomic E-state index is 0.0849. The second-order valence-corrected chi connectivity index (χ2v) is 4.74. The van der Waals surface area contributed by atoms with Crippen LogP contribution >= 0.6 is 0 Å². The summed E-state index contributed by atoms with van der Waals surface area (Å²) in [6.45, 7) is 0. The molecule has 5 nitrogen and oxygen atoms in total. The van der Waals surface area contributed by atoms with Crippen molar-refractivity contribution >= 4 is 16.9 Å². The van der Waals surface area contributed by atoms with Crippen LogP contribution in [0, 0.1) is 0 Å². The Kier molecular flexibility index (Phi) is 3.47. The van der Waals surface area contributed by atoms with Gasteiger partial charge >= 0.3 is 5.97 Å². The molecule has 0 spiro atoms. The lowest BCUT2D eigenvalue weighted by Gasteiger charge is -2.10. The number of esters is 1. The van der Waals surface area contributed by atoms with Gasteiger partial charge in [-0.05, 0) is 36.4 Å². The zero-order valence-corrected chi connectivity index (χ0v) is 12.2. The van der Waals surface area contributed by atoms with Crippen molar-refractivity contribution in [2.24, 2.45) is 0 Å². The number of aromatic hydroxyl groups is 1. The van der Waals surface area contributed by atoms with Crippen LogP contribution in [0.2, 0.25) is 0 Å². The maximum absolute atomic E-state index is 12.1. The molecule has 22 heavy (non-hydrogen) atoms. The maximum Gasteiger partial charge on any atom is 0.358 e. The second-order valence-electron chi connectivity index (χ2n) is 4.74. The average Bonchev–Trinajstić information content (AvgIpc) is 2.87. The van der Waals surface area contributed by atoms with Crippen molar-refractivity contribution in [1.29, 1.82) is 0 Å². The van der Waals surface area contributed by atoms with Crippen LogP contribution in [-0.2, 0) is 4.74 Å². The van der Waals surface area contributed by atoms with Crippen LogP contribution in [0.1, 0.15) is 10.5 Å². The zero-order valence-electron chi connectivity index (χ0n) is 12.2. The summed E-state index contributed by atoms with van der Waals surface area (Å²) in [6, 6.07) is 14.5. The quantitative estimate of drug-likeness (QED) is 0.754. The maximum atomic E-state index is 12.1. The molecule has 0 aliphatic carbocycles. The first kappa shape index (κ1) is 14.0. The largest absolute Gasteiger partial charge is 0.505 e. The number of fused-ring (bicyclic) bond motifs is 1. The van der Waals surface area contributed by atoms with Gasteiger partial charge in [-0.1, -0.05) is 12.1 Å². The molecule has 2 aromatic carbocycles. The number of methoxy groups -OCH3 is 2. The lowest BCUT2D eigenvalue weighted by Crippen LogP contribution is -2.09. The van der Waals surface area contributed by atoms with E-state index in [1.807, 2.05) is 30.3 Å². The Hall–Kier alpha value is -2.95. The molecule has 1 heterocycles. The highest BCUT2D eigenvalue weighted by atomic mass is 16.5. The molecule has 1 N–H and O–H groups in total. The summed E-state index contributed by atoms with van der Waals surface area (Å²) in [4.78, 5) is 12.1. The first-order valence-electron chi connectivity index (χ1n) is 6.72. The van der Waals surface area contributed by atoms with Gasteiger partial charge in [0.2, 0.25) is 0 Å². The van der Waals surface area contributed by atoms with Crippen LogP contribution in [0.25, 0.3) is 16.6 Å². The highest BCUT2D eigenvalue weighted by Gasteiger charge is 2.23. The first-order valence-corrected chi connectivity index (χ1v) is 6.72. The molecule has 0 fully saturated rings. The molecule has 0 bridgehead atoms. The molecule has 0 saturated carbocycles. The summed E-state index contributed by atoms with van der Waals surface area (Å²) in [5.41, 5.74) is 1.57. The van der Waals surface area contributed by atoms with Gasteiger partial charge in [0.15, 0.2) is 11.4 Å². The zero-order chi connectivity index (χ0) is 15.7. The minimum atomic E-state index is -0.593. The Morgan fingerprint density at radius 1 is 1.05 bits per heavy atom. The lowest BCUT2D eigenvalue weighted by atomic mass is 10.2. The molecule has 3 aromatic rings. The number of hydrogen-bond acceptors (Lipinski definition) is 4. The Labute approximate surface area is 127 Å². The molecule has 0 atom stereocenters. The standard InChI is InChI=1S/C17H15NO4/c1-21-12-9-7-11(8-10-12)18-14-6-4-3-5-13(14)16(19)15(18)17(20)22-2/h3-10,19H,1-2H3. The second kappa shape index (κ2) is 5.44. The average molecular weight is 297 g/mol. The molecule has 0 aliphatic rings. The molecule has 0 amide bonds. The molecular formula is C17H15NO4. The smallest absolute Gasteiger partial charge is 0.358 e. The van der Waals surface area contributed by atoms with Gasteiger partial charge in [0.05, 0.1) is 19.7 Å². The predicted molar refractivity (Wildman–Crippen MR) is 82.8 cm³/mol. The number of carbonyl (C=O) groups excluding carboxylic acids is 1. The van der Waals surface area contributed by atoms with E-state index in [-0.39, 0.29) is 11.4 Å². The van der Waals surface area contributed by atoms with E-state index in [1.165, 1.54) is 7.11 Å². The minimum Gasteiger partial charge on any atom is -0.505 e. The number of nitrogens with zero attached hydrogens (tertiary/aromatic N) is 1. The summed E-state index contributed by atoms with van der Waals surface area (Å²) >= 11 is 0. The van der Waals surface area contributed by atoms with E-state index in [0.717, 1.165) is 11.2 Å². The Balaban J connectivity index is 2.32. The van der Waals surface area contributed by atoms with Crippen molar-refractivity contribution in [2.75, 3.05) is 14.2 Å². The highest BCUT2D eigenvalue weighted by Crippen LogP contribution is 2.35. The fourth-order valence-electron chi connectivity index (χ4n) is 2.51. The highest BCUT2D eigenvalue weighted by molar-refractivity contribution is 6.02. The van der Waals surface area contributed by atoms with Crippen LogP contribution in [0.15, 0.2) is 48.5 Å². The van der Waals surface area contributed by atoms with Gasteiger partial charge in [0.25, 0.3) is 0 Å². The van der Waals surface area contributed by atoms with Crippen molar-refractivity contribution in [3.63, 3.8) is 0 Å². The SMILES string of the molecule is COC(=O)c1c(O)c2ccccc2n1-c1ccc(OC)cc1. The van der Waals surface area contributed by atoms with Crippen molar-refractivity contribution in [3.8, 4) is 17.2 Å². The van der Waals surface area contributed by atoms with E-state index < -0.39 is 5.97 Å². The summed E-state index contributed by atoms with van der Waals surface area (Å²) in [5.74, 6) is 0.0341. The lowest BCUT2D eigenvalue weighted by molar-refractivity contribution is 0.0588. The van der Waals surface area contributed by atoms with Gasteiger partial charge in [-0.15, -0.1) is 0 Å². The number of rotatable bonds is 3. The van der Waals surface area contributed by atoms with Gasteiger partial charge < -0.3 is 19.1 Å². The van der Waals surface area contributed by atoms with Crippen LogP contribution in [0.3, 0.4) is 0 Å². The molecule has 112 valence electrons. The van der Waals surface area contributed by atoms with Crippen LogP contribution in [0.5, 0.6) is 11.5 Å². The Bertz CT molecular complexity index is 834. The molecule has 3 rings (SSSR count). The number of benzene rings is 2. The van der Waals surface area contributed by atoms with Crippen LogP contribution in [-0.4, -0.2) is 29.9 Å². The van der Waals surface area contributed by atoms with E-state index in [4.69, 9.17) is 9.47 Å². The van der Waals surface area contributed by atoms with E-state index in [9.17, 15) is 9.90 Å². The number of aromatic nitrogens is 1. The third-order valence-electron chi connectivity index (χ3n) is 3.56. The molecule has 0 saturated heterocycles. The van der Waals surface area contributed by atoms with Gasteiger partial charge in [0, 0.05) is 11.1 Å². The van der Waals surface area contributed by atoms with Crippen molar-refractivity contribution in [3.05, 3.63) is 54.2 Å². The summed E-state index contributed by atoms with van der Waals surface area (Å²) < 4.78 is 11.6. The fraction of sp³-hybridized carbons (Fsp3) is 0.118. The van der Waals surface area contributed by atoms with Crippen LogP contribution in [0.4, 0.5) is 0 Å². The van der Waals surface area contributed by atoms with Crippen molar-refractivity contribution < 1.29 is 19.4 Å². The normalized spacial score (nSPS) is 10.6. The van der Waals surface area contributed by atoms with Gasteiger partial charge in [-0.2, -0.15) is 0 Å². The summed E-state index contributed by atoms with van der Waals surface area (Å²) in [5, 5.41) is 11.0. The van der Waals surface area contributed by atoms with Crippen LogP contribution < -0.4 is 4.74 Å². The summed E-state index contributed by atoms with van der Waals surface area (Å²) in [6.07, 6.45) is 0. The van der Waals surface area contributed by atoms with E-state index >= 15 is 0 Å². The monoisotopic (exact) mass is 297 g/mol. The first-order chi connectivity index (χ1) is 10.7. The number of ether oxygens (including phenoxy) is 2. The third-order valence-corrected chi connectivity index (χ3v) is 3.56. The van der Waals surface area contributed by atoms with E-state index in [0.29, 0.717) is 11.1 Å². The molecule has 0 radical (unpaired) electrons.